The summed E-state index contributed by atoms with van der Waals surface area (Å²) in [4.78, 5) is 4.52. The molecular formula is C20H29N3O3S. The zero-order chi connectivity index (χ0) is 19.3. The lowest BCUT2D eigenvalue weighted by atomic mass is 10.1. The first-order valence-corrected chi connectivity index (χ1v) is 11.4. The summed E-state index contributed by atoms with van der Waals surface area (Å²) in [6.45, 7) is 4.38. The van der Waals surface area contributed by atoms with E-state index in [4.69, 9.17) is 4.52 Å². The molecule has 0 N–H and O–H groups in total. The van der Waals surface area contributed by atoms with Crippen LogP contribution in [0.5, 0.6) is 0 Å². The van der Waals surface area contributed by atoms with E-state index in [1.54, 1.807) is 4.31 Å². The second-order valence-electron chi connectivity index (χ2n) is 7.68. The predicted octanol–water partition coefficient (Wildman–Crippen LogP) is 3.76. The number of rotatable bonds is 8. The van der Waals surface area contributed by atoms with Crippen molar-refractivity contribution in [2.75, 3.05) is 12.3 Å². The highest BCUT2D eigenvalue weighted by Crippen LogP contribution is 2.33. The third kappa shape index (κ3) is 5.39. The highest BCUT2D eigenvalue weighted by Gasteiger charge is 2.36. The lowest BCUT2D eigenvalue weighted by molar-refractivity contribution is 0.204. The van der Waals surface area contributed by atoms with Crippen LogP contribution in [-0.2, 0) is 22.9 Å². The van der Waals surface area contributed by atoms with Crippen molar-refractivity contribution in [1.82, 2.24) is 14.4 Å². The van der Waals surface area contributed by atoms with Gasteiger partial charge in [0.2, 0.25) is 15.9 Å². The molecule has 0 spiro atoms. The van der Waals surface area contributed by atoms with Crippen LogP contribution < -0.4 is 0 Å². The number of aromatic nitrogens is 2. The number of piperidine rings is 1. The minimum Gasteiger partial charge on any atom is -0.338 e. The van der Waals surface area contributed by atoms with Crippen LogP contribution in [-0.4, -0.2) is 35.2 Å². The number of sulfonamides is 1. The van der Waals surface area contributed by atoms with Gasteiger partial charge in [0.15, 0.2) is 5.82 Å². The van der Waals surface area contributed by atoms with Gasteiger partial charge in [-0.3, -0.25) is 0 Å². The Morgan fingerprint density at radius 1 is 1.19 bits per heavy atom. The second-order valence-corrected chi connectivity index (χ2v) is 9.65. The van der Waals surface area contributed by atoms with Gasteiger partial charge in [-0.05, 0) is 37.2 Å². The topological polar surface area (TPSA) is 76.3 Å². The Balaban J connectivity index is 1.64. The third-order valence-electron chi connectivity index (χ3n) is 4.83. The van der Waals surface area contributed by atoms with Gasteiger partial charge in [0, 0.05) is 13.0 Å². The van der Waals surface area contributed by atoms with Crippen LogP contribution >= 0.6 is 0 Å². The fraction of sp³-hybridized carbons (Fsp3) is 0.600. The van der Waals surface area contributed by atoms with Crippen molar-refractivity contribution in [2.24, 2.45) is 5.92 Å². The van der Waals surface area contributed by atoms with Gasteiger partial charge >= 0.3 is 0 Å². The smallest absolute Gasteiger partial charge is 0.245 e. The van der Waals surface area contributed by atoms with Crippen molar-refractivity contribution < 1.29 is 12.9 Å². The highest BCUT2D eigenvalue weighted by atomic mass is 32.2. The van der Waals surface area contributed by atoms with Gasteiger partial charge in [0.25, 0.3) is 0 Å². The van der Waals surface area contributed by atoms with E-state index in [-0.39, 0.29) is 17.7 Å². The molecule has 0 unspecified atom stereocenters. The van der Waals surface area contributed by atoms with Gasteiger partial charge in [-0.15, -0.1) is 0 Å². The summed E-state index contributed by atoms with van der Waals surface area (Å²) < 4.78 is 32.6. The molecule has 1 atom stereocenters. The molecule has 0 aliphatic carbocycles. The molecule has 2 aromatic rings. The molecule has 7 heteroatoms. The van der Waals surface area contributed by atoms with Crippen LogP contribution in [0, 0.1) is 5.92 Å². The molecule has 2 heterocycles. The summed E-state index contributed by atoms with van der Waals surface area (Å²) in [7, 11) is -3.32. The van der Waals surface area contributed by atoms with Crippen molar-refractivity contribution >= 4 is 10.0 Å². The molecule has 1 fully saturated rings. The second kappa shape index (κ2) is 8.97. The van der Waals surface area contributed by atoms with E-state index in [1.165, 1.54) is 5.56 Å². The number of nitrogens with zero attached hydrogens (tertiary/aromatic N) is 3. The summed E-state index contributed by atoms with van der Waals surface area (Å²) in [6.07, 6.45) is 5.22. The normalized spacial score (nSPS) is 18.9. The zero-order valence-electron chi connectivity index (χ0n) is 16.2. The highest BCUT2D eigenvalue weighted by molar-refractivity contribution is 7.89. The fourth-order valence-corrected chi connectivity index (χ4v) is 5.63. The number of hydrogen-bond acceptors (Lipinski definition) is 5. The van der Waals surface area contributed by atoms with Crippen LogP contribution in [0.1, 0.15) is 62.9 Å². The van der Waals surface area contributed by atoms with Gasteiger partial charge in [-0.25, -0.2) is 8.42 Å². The Morgan fingerprint density at radius 3 is 2.70 bits per heavy atom. The lowest BCUT2D eigenvalue weighted by Gasteiger charge is -2.32. The van der Waals surface area contributed by atoms with E-state index in [9.17, 15) is 8.42 Å². The summed E-state index contributed by atoms with van der Waals surface area (Å²) in [5, 5.41) is 4.09. The molecule has 1 saturated heterocycles. The molecule has 27 heavy (non-hydrogen) atoms. The van der Waals surface area contributed by atoms with E-state index >= 15 is 0 Å². The van der Waals surface area contributed by atoms with Crippen LogP contribution in [0.25, 0.3) is 0 Å². The molecule has 1 aliphatic rings. The first-order valence-electron chi connectivity index (χ1n) is 9.81. The summed E-state index contributed by atoms with van der Waals surface area (Å²) in [6, 6.07) is 9.99. The molecule has 0 bridgehead atoms. The molecular weight excluding hydrogens is 362 g/mol. The predicted molar refractivity (Wildman–Crippen MR) is 105 cm³/mol. The number of benzene rings is 1. The Kier molecular flexibility index (Phi) is 6.65. The molecule has 1 aliphatic heterocycles. The third-order valence-corrected chi connectivity index (χ3v) is 7.07. The van der Waals surface area contributed by atoms with Gasteiger partial charge in [-0.2, -0.15) is 9.29 Å². The number of aryl methyl sites for hydroxylation is 2. The Labute approximate surface area is 162 Å². The molecule has 6 nitrogen and oxygen atoms in total. The Hall–Kier alpha value is -1.73. The molecule has 3 rings (SSSR count). The van der Waals surface area contributed by atoms with Crippen molar-refractivity contribution in [3.8, 4) is 0 Å². The van der Waals surface area contributed by atoms with Gasteiger partial charge in [-0.1, -0.05) is 55.8 Å². The van der Waals surface area contributed by atoms with Crippen molar-refractivity contribution in [1.29, 1.82) is 0 Å². The maximum Gasteiger partial charge on any atom is 0.245 e. The van der Waals surface area contributed by atoms with Crippen molar-refractivity contribution in [3.05, 3.63) is 47.6 Å². The van der Waals surface area contributed by atoms with Crippen LogP contribution in [0.2, 0.25) is 0 Å². The Bertz CT molecular complexity index is 818. The quantitative estimate of drug-likeness (QED) is 0.685. The largest absolute Gasteiger partial charge is 0.338 e. The summed E-state index contributed by atoms with van der Waals surface area (Å²) in [5.41, 5.74) is 1.29. The van der Waals surface area contributed by atoms with Crippen LogP contribution in [0.3, 0.4) is 0 Å². The minimum absolute atomic E-state index is 0.0915. The molecule has 0 amide bonds. The summed E-state index contributed by atoms with van der Waals surface area (Å²) in [5.74, 6) is 1.35. The monoisotopic (exact) mass is 391 g/mol. The van der Waals surface area contributed by atoms with E-state index < -0.39 is 10.0 Å². The van der Waals surface area contributed by atoms with Crippen molar-refractivity contribution in [3.63, 3.8) is 0 Å². The van der Waals surface area contributed by atoms with Crippen LogP contribution in [0.4, 0.5) is 0 Å². The SMILES string of the molecule is CC(C)CS(=O)(=O)N1CCCC[C@H]1c1nc(CCCc2ccccc2)no1. The molecule has 148 valence electrons. The van der Waals surface area contributed by atoms with E-state index in [0.29, 0.717) is 18.3 Å². The van der Waals surface area contributed by atoms with E-state index in [0.717, 1.165) is 38.5 Å². The van der Waals surface area contributed by atoms with Gasteiger partial charge < -0.3 is 4.52 Å². The molecule has 0 radical (unpaired) electrons. The summed E-state index contributed by atoms with van der Waals surface area (Å²) >= 11 is 0. The van der Waals surface area contributed by atoms with Crippen LogP contribution in [0.15, 0.2) is 34.9 Å². The first kappa shape index (κ1) is 20.0. The van der Waals surface area contributed by atoms with E-state index in [1.807, 2.05) is 32.0 Å². The molecule has 1 aromatic heterocycles. The maximum atomic E-state index is 12.8. The van der Waals surface area contributed by atoms with Gasteiger partial charge in [0.1, 0.15) is 6.04 Å². The zero-order valence-corrected chi connectivity index (χ0v) is 17.0. The minimum atomic E-state index is -3.32. The Morgan fingerprint density at radius 2 is 1.96 bits per heavy atom. The lowest BCUT2D eigenvalue weighted by Crippen LogP contribution is -2.40. The average Bonchev–Trinajstić information content (AvgIpc) is 3.10. The molecule has 0 saturated carbocycles. The first-order chi connectivity index (χ1) is 13.0. The standard InChI is InChI=1S/C20H29N3O3S/c1-16(2)15-27(24,25)23-14-7-6-12-18(23)20-21-19(22-26-20)13-8-11-17-9-4-3-5-10-17/h3-5,9-10,16,18H,6-8,11-15H2,1-2H3/t18-/m0/s1. The molecule has 1 aromatic carbocycles. The average molecular weight is 392 g/mol. The fourth-order valence-electron chi connectivity index (χ4n) is 3.60. The number of hydrogen-bond donors (Lipinski definition) is 0. The maximum absolute atomic E-state index is 12.8. The van der Waals surface area contributed by atoms with E-state index in [2.05, 4.69) is 22.3 Å². The van der Waals surface area contributed by atoms with Crippen molar-refractivity contribution in [2.45, 2.75) is 58.4 Å². The van der Waals surface area contributed by atoms with Gasteiger partial charge in [0.05, 0.1) is 5.75 Å².